The molecule has 5 nitrogen and oxygen atoms in total. The summed E-state index contributed by atoms with van der Waals surface area (Å²) in [5.41, 5.74) is 1.14. The van der Waals surface area contributed by atoms with E-state index in [0.29, 0.717) is 17.6 Å². The summed E-state index contributed by atoms with van der Waals surface area (Å²) in [6.07, 6.45) is 2.82. The molecule has 2 aromatic carbocycles. The van der Waals surface area contributed by atoms with Crippen molar-refractivity contribution in [3.63, 3.8) is 0 Å². The molecule has 1 aromatic heterocycles. The average Bonchev–Trinajstić information content (AvgIpc) is 2.98. The first-order chi connectivity index (χ1) is 11.8. The van der Waals surface area contributed by atoms with Crippen molar-refractivity contribution < 1.29 is 17.2 Å². The summed E-state index contributed by atoms with van der Waals surface area (Å²) in [6, 6.07) is 9.51. The molecule has 25 heavy (non-hydrogen) atoms. The summed E-state index contributed by atoms with van der Waals surface area (Å²) >= 11 is 5.82. The number of sulfonamides is 1. The molecular weight excluding hydrogens is 372 g/mol. The molecule has 3 aromatic rings. The van der Waals surface area contributed by atoms with Gasteiger partial charge < -0.3 is 0 Å². The summed E-state index contributed by atoms with van der Waals surface area (Å²) in [7, 11) is -4.05. The van der Waals surface area contributed by atoms with Crippen LogP contribution in [0.2, 0.25) is 5.02 Å². The lowest BCUT2D eigenvalue weighted by atomic mass is 10.2. The predicted molar refractivity (Wildman–Crippen MR) is 89.9 cm³/mol. The van der Waals surface area contributed by atoms with Gasteiger partial charge in [0.05, 0.1) is 23.3 Å². The SMILES string of the molecule is O=S(=O)(Nc1cnn(Cc2ccc(Cl)cc2)c1)c1ccc(F)c(F)c1. The van der Waals surface area contributed by atoms with E-state index in [1.165, 1.54) is 17.1 Å². The Hall–Kier alpha value is -2.45. The minimum absolute atomic E-state index is 0.207. The lowest BCUT2D eigenvalue weighted by molar-refractivity contribution is 0.504. The van der Waals surface area contributed by atoms with Crippen LogP contribution in [-0.2, 0) is 16.6 Å². The summed E-state index contributed by atoms with van der Waals surface area (Å²) in [5, 5.41) is 4.68. The van der Waals surface area contributed by atoms with Crippen LogP contribution in [0.4, 0.5) is 14.5 Å². The van der Waals surface area contributed by atoms with E-state index in [1.54, 1.807) is 12.1 Å². The molecule has 3 rings (SSSR count). The summed E-state index contributed by atoms with van der Waals surface area (Å²) in [6.45, 7) is 0.421. The number of anilines is 1. The summed E-state index contributed by atoms with van der Waals surface area (Å²) in [5.74, 6) is -2.35. The maximum absolute atomic E-state index is 13.2. The molecule has 0 unspecified atom stereocenters. The number of hydrogen-bond donors (Lipinski definition) is 1. The molecule has 0 bridgehead atoms. The molecule has 0 atom stereocenters. The molecule has 130 valence electrons. The van der Waals surface area contributed by atoms with E-state index >= 15 is 0 Å². The van der Waals surface area contributed by atoms with Gasteiger partial charge in [0.2, 0.25) is 0 Å². The minimum atomic E-state index is -4.05. The van der Waals surface area contributed by atoms with E-state index in [4.69, 9.17) is 11.6 Å². The van der Waals surface area contributed by atoms with Crippen LogP contribution in [0.1, 0.15) is 5.56 Å². The number of nitrogens with zero attached hydrogens (tertiary/aromatic N) is 2. The molecule has 0 amide bonds. The molecule has 0 spiro atoms. The van der Waals surface area contributed by atoms with E-state index in [2.05, 4.69) is 9.82 Å². The van der Waals surface area contributed by atoms with Gasteiger partial charge in [0.25, 0.3) is 10.0 Å². The Labute approximate surface area is 147 Å². The zero-order chi connectivity index (χ0) is 18.0. The van der Waals surface area contributed by atoms with Gasteiger partial charge in [-0.05, 0) is 35.9 Å². The zero-order valence-electron chi connectivity index (χ0n) is 12.7. The monoisotopic (exact) mass is 383 g/mol. The van der Waals surface area contributed by atoms with Crippen LogP contribution >= 0.6 is 11.6 Å². The van der Waals surface area contributed by atoms with Crippen LogP contribution in [0.15, 0.2) is 59.8 Å². The molecule has 0 aliphatic heterocycles. The van der Waals surface area contributed by atoms with Gasteiger partial charge in [-0.25, -0.2) is 17.2 Å². The van der Waals surface area contributed by atoms with Crippen LogP contribution in [0.25, 0.3) is 0 Å². The van der Waals surface area contributed by atoms with Gasteiger partial charge in [-0.1, -0.05) is 23.7 Å². The number of nitrogens with one attached hydrogen (secondary N) is 1. The molecule has 0 aliphatic rings. The normalized spacial score (nSPS) is 11.5. The van der Waals surface area contributed by atoms with E-state index < -0.39 is 21.7 Å². The Bertz CT molecular complexity index is 1000. The van der Waals surface area contributed by atoms with Crippen LogP contribution < -0.4 is 4.72 Å². The highest BCUT2D eigenvalue weighted by molar-refractivity contribution is 7.92. The fraction of sp³-hybridized carbons (Fsp3) is 0.0625. The molecule has 0 fully saturated rings. The van der Waals surface area contributed by atoms with Crippen LogP contribution in [0, 0.1) is 11.6 Å². The smallest absolute Gasteiger partial charge is 0.262 e. The van der Waals surface area contributed by atoms with Crippen LogP contribution in [-0.4, -0.2) is 18.2 Å². The maximum Gasteiger partial charge on any atom is 0.262 e. The number of halogens is 3. The van der Waals surface area contributed by atoms with E-state index in [-0.39, 0.29) is 10.6 Å². The third-order valence-corrected chi connectivity index (χ3v) is 4.98. The summed E-state index contributed by atoms with van der Waals surface area (Å²) in [4.78, 5) is -0.378. The largest absolute Gasteiger partial charge is 0.276 e. The van der Waals surface area contributed by atoms with E-state index in [1.807, 2.05) is 12.1 Å². The van der Waals surface area contributed by atoms with Crippen molar-refractivity contribution in [3.05, 3.63) is 77.1 Å². The topological polar surface area (TPSA) is 64.0 Å². The number of aromatic nitrogens is 2. The first-order valence-corrected chi connectivity index (χ1v) is 8.94. The Morgan fingerprint density at radius 3 is 2.48 bits per heavy atom. The van der Waals surface area contributed by atoms with Crippen molar-refractivity contribution in [2.45, 2.75) is 11.4 Å². The Morgan fingerprint density at radius 2 is 1.80 bits per heavy atom. The molecule has 0 saturated heterocycles. The molecule has 1 heterocycles. The van der Waals surface area contributed by atoms with E-state index in [0.717, 1.165) is 17.7 Å². The molecule has 1 N–H and O–H groups in total. The zero-order valence-corrected chi connectivity index (χ0v) is 14.2. The van der Waals surface area contributed by atoms with Crippen molar-refractivity contribution in [2.24, 2.45) is 0 Å². The van der Waals surface area contributed by atoms with Crippen molar-refractivity contribution in [2.75, 3.05) is 4.72 Å². The van der Waals surface area contributed by atoms with Gasteiger partial charge in [-0.2, -0.15) is 5.10 Å². The van der Waals surface area contributed by atoms with Crippen molar-refractivity contribution in [1.29, 1.82) is 0 Å². The summed E-state index contributed by atoms with van der Waals surface area (Å²) < 4.78 is 54.4. The van der Waals surface area contributed by atoms with Gasteiger partial charge in [0.15, 0.2) is 11.6 Å². The fourth-order valence-corrected chi connectivity index (χ4v) is 3.30. The minimum Gasteiger partial charge on any atom is -0.276 e. The highest BCUT2D eigenvalue weighted by Gasteiger charge is 2.17. The van der Waals surface area contributed by atoms with Crippen LogP contribution in [0.3, 0.4) is 0 Å². The highest BCUT2D eigenvalue weighted by atomic mass is 35.5. The molecular formula is C16H12ClF2N3O2S. The quantitative estimate of drug-likeness (QED) is 0.731. The van der Waals surface area contributed by atoms with Gasteiger partial charge >= 0.3 is 0 Å². The Balaban J connectivity index is 1.75. The first kappa shape index (κ1) is 17.4. The third-order valence-electron chi connectivity index (χ3n) is 3.34. The van der Waals surface area contributed by atoms with Gasteiger partial charge in [0, 0.05) is 11.2 Å². The highest BCUT2D eigenvalue weighted by Crippen LogP contribution is 2.18. The number of hydrogen-bond acceptors (Lipinski definition) is 3. The van der Waals surface area contributed by atoms with Gasteiger partial charge in [-0.15, -0.1) is 0 Å². The molecule has 0 radical (unpaired) electrons. The lowest BCUT2D eigenvalue weighted by Gasteiger charge is -2.06. The number of rotatable bonds is 5. The standard InChI is InChI=1S/C16H12ClF2N3O2S/c17-12-3-1-11(2-4-12)9-22-10-13(8-20-22)21-25(23,24)14-5-6-15(18)16(19)7-14/h1-8,10,21H,9H2. The second kappa shape index (κ2) is 6.81. The van der Waals surface area contributed by atoms with E-state index in [9.17, 15) is 17.2 Å². The fourth-order valence-electron chi connectivity index (χ4n) is 2.14. The predicted octanol–water partition coefficient (Wildman–Crippen LogP) is 3.66. The molecule has 0 aliphatic carbocycles. The molecule has 0 saturated carbocycles. The second-order valence-electron chi connectivity index (χ2n) is 5.23. The van der Waals surface area contributed by atoms with Gasteiger partial charge in [0.1, 0.15) is 0 Å². The van der Waals surface area contributed by atoms with Crippen LogP contribution in [0.5, 0.6) is 0 Å². The average molecular weight is 384 g/mol. The van der Waals surface area contributed by atoms with Crippen molar-refractivity contribution in [1.82, 2.24) is 9.78 Å². The molecule has 9 heteroatoms. The first-order valence-electron chi connectivity index (χ1n) is 7.08. The Morgan fingerprint density at radius 1 is 1.08 bits per heavy atom. The lowest BCUT2D eigenvalue weighted by Crippen LogP contribution is -2.13. The van der Waals surface area contributed by atoms with Crippen molar-refractivity contribution in [3.8, 4) is 0 Å². The number of benzene rings is 2. The third kappa shape index (κ3) is 4.15. The second-order valence-corrected chi connectivity index (χ2v) is 7.35. The Kier molecular flexibility index (Phi) is 4.73. The van der Waals surface area contributed by atoms with Crippen molar-refractivity contribution >= 4 is 27.3 Å². The maximum atomic E-state index is 13.2. The van der Waals surface area contributed by atoms with Gasteiger partial charge in [-0.3, -0.25) is 9.40 Å².